The van der Waals surface area contributed by atoms with Crippen molar-refractivity contribution in [3.8, 4) is 0 Å². The van der Waals surface area contributed by atoms with E-state index in [9.17, 15) is 4.79 Å². The number of carbonyl (C=O) groups is 1. The Morgan fingerprint density at radius 1 is 1.10 bits per heavy atom. The third-order valence-electron chi connectivity index (χ3n) is 3.73. The fourth-order valence-corrected chi connectivity index (χ4v) is 3.01. The molecule has 0 aromatic heterocycles. The van der Waals surface area contributed by atoms with Crippen LogP contribution in [0.1, 0.15) is 27.0 Å². The highest BCUT2D eigenvalue weighted by Crippen LogP contribution is 2.43. The predicted molar refractivity (Wildman–Crippen MR) is 76.3 cm³/mol. The molecule has 20 heavy (non-hydrogen) atoms. The number of nitrogens with one attached hydrogen (secondary N) is 1. The second kappa shape index (κ2) is 3.87. The molecule has 4 heteroatoms. The molecule has 0 saturated carbocycles. The second-order valence-electron chi connectivity index (χ2n) is 4.83. The Morgan fingerprint density at radius 2 is 1.95 bits per heavy atom. The Bertz CT molecular complexity index is 769. The van der Waals surface area contributed by atoms with Gasteiger partial charge in [-0.25, -0.2) is 0 Å². The first-order valence-electron chi connectivity index (χ1n) is 6.27. The van der Waals surface area contributed by atoms with Crippen LogP contribution in [-0.4, -0.2) is 5.91 Å². The van der Waals surface area contributed by atoms with Crippen molar-refractivity contribution in [2.45, 2.75) is 5.72 Å². The lowest BCUT2D eigenvalue weighted by molar-refractivity contribution is 0.0306. The molecule has 4 rings (SSSR count). The molecule has 2 aliphatic heterocycles. The van der Waals surface area contributed by atoms with Crippen LogP contribution in [0, 0.1) is 0 Å². The van der Waals surface area contributed by atoms with Crippen molar-refractivity contribution in [3.05, 3.63) is 76.0 Å². The average molecular weight is 284 g/mol. The molecule has 2 aromatic rings. The highest BCUT2D eigenvalue weighted by Gasteiger charge is 2.48. The fourth-order valence-electron chi connectivity index (χ4n) is 2.84. The van der Waals surface area contributed by atoms with Gasteiger partial charge in [0.25, 0.3) is 5.91 Å². The van der Waals surface area contributed by atoms with Crippen molar-refractivity contribution in [2.24, 2.45) is 0 Å². The summed E-state index contributed by atoms with van der Waals surface area (Å²) in [4.78, 5) is 12.2. The topological polar surface area (TPSA) is 38.3 Å². The summed E-state index contributed by atoms with van der Waals surface area (Å²) in [6.45, 7) is 0. The van der Waals surface area contributed by atoms with Crippen molar-refractivity contribution in [3.63, 3.8) is 0 Å². The standard InChI is InChI=1S/C16H10ClNO2/c17-11-6-5-10-7-8-20-16(14(10)9-11)13-4-2-1-3-12(13)15(19)18-16/h1-9H,(H,18,19). The Hall–Kier alpha value is -2.26. The number of hydrogen-bond donors (Lipinski definition) is 1. The zero-order valence-corrected chi connectivity index (χ0v) is 11.1. The molecular formula is C16H10ClNO2. The monoisotopic (exact) mass is 283 g/mol. The molecule has 3 nitrogen and oxygen atoms in total. The van der Waals surface area contributed by atoms with Crippen LogP contribution in [0.2, 0.25) is 5.02 Å². The van der Waals surface area contributed by atoms with E-state index in [1.807, 2.05) is 42.5 Å². The van der Waals surface area contributed by atoms with E-state index in [1.54, 1.807) is 12.3 Å². The van der Waals surface area contributed by atoms with E-state index < -0.39 is 5.72 Å². The normalized spacial score (nSPS) is 22.1. The maximum Gasteiger partial charge on any atom is 0.255 e. The molecule has 98 valence electrons. The Labute approximate surface area is 120 Å². The average Bonchev–Trinajstić information content (AvgIpc) is 2.74. The van der Waals surface area contributed by atoms with Crippen LogP contribution in [-0.2, 0) is 10.5 Å². The third kappa shape index (κ3) is 1.38. The number of rotatable bonds is 0. The minimum Gasteiger partial charge on any atom is -0.467 e. The lowest BCUT2D eigenvalue weighted by Crippen LogP contribution is -2.43. The van der Waals surface area contributed by atoms with E-state index in [0.717, 1.165) is 16.7 Å². The lowest BCUT2D eigenvalue weighted by atomic mass is 9.89. The minimum atomic E-state index is -0.970. The molecule has 2 aliphatic rings. The molecule has 1 amide bonds. The van der Waals surface area contributed by atoms with Gasteiger partial charge in [0.15, 0.2) is 0 Å². The summed E-state index contributed by atoms with van der Waals surface area (Å²) < 4.78 is 5.83. The summed E-state index contributed by atoms with van der Waals surface area (Å²) in [6, 6.07) is 13.0. The van der Waals surface area contributed by atoms with Gasteiger partial charge in [0.05, 0.1) is 6.26 Å². The molecule has 1 unspecified atom stereocenters. The van der Waals surface area contributed by atoms with Crippen LogP contribution >= 0.6 is 11.6 Å². The van der Waals surface area contributed by atoms with Crippen LogP contribution in [0.4, 0.5) is 0 Å². The molecule has 1 atom stereocenters. The maximum atomic E-state index is 12.2. The molecule has 0 radical (unpaired) electrons. The summed E-state index contributed by atoms with van der Waals surface area (Å²) >= 11 is 6.11. The quantitative estimate of drug-likeness (QED) is 0.806. The van der Waals surface area contributed by atoms with Gasteiger partial charge < -0.3 is 10.1 Å². The van der Waals surface area contributed by atoms with Gasteiger partial charge in [-0.3, -0.25) is 4.79 Å². The summed E-state index contributed by atoms with van der Waals surface area (Å²) in [7, 11) is 0. The molecule has 0 saturated heterocycles. The maximum absolute atomic E-state index is 12.2. The first kappa shape index (κ1) is 11.6. The van der Waals surface area contributed by atoms with E-state index >= 15 is 0 Å². The lowest BCUT2D eigenvalue weighted by Gasteiger charge is -2.33. The predicted octanol–water partition coefficient (Wildman–Crippen LogP) is 3.29. The number of hydrogen-bond acceptors (Lipinski definition) is 2. The van der Waals surface area contributed by atoms with Crippen molar-refractivity contribution >= 4 is 23.6 Å². The SMILES string of the molecule is O=C1NC2(OC=Cc3ccc(Cl)cc32)c2ccccc21. The summed E-state index contributed by atoms with van der Waals surface area (Å²) in [5.74, 6) is -0.137. The summed E-state index contributed by atoms with van der Waals surface area (Å²) in [5.41, 5.74) is 2.32. The van der Waals surface area contributed by atoms with Gasteiger partial charge in [-0.05, 0) is 29.8 Å². The number of fused-ring (bicyclic) bond motifs is 4. The van der Waals surface area contributed by atoms with Crippen molar-refractivity contribution in [1.29, 1.82) is 0 Å². The molecular weight excluding hydrogens is 274 g/mol. The van der Waals surface area contributed by atoms with Crippen LogP contribution in [0.5, 0.6) is 0 Å². The van der Waals surface area contributed by atoms with E-state index in [1.165, 1.54) is 0 Å². The molecule has 0 bridgehead atoms. The highest BCUT2D eigenvalue weighted by atomic mass is 35.5. The molecule has 1 spiro atoms. The van der Waals surface area contributed by atoms with Crippen LogP contribution < -0.4 is 5.32 Å². The number of benzene rings is 2. The number of amides is 1. The first-order chi connectivity index (χ1) is 9.71. The van der Waals surface area contributed by atoms with Gasteiger partial charge in [-0.15, -0.1) is 0 Å². The largest absolute Gasteiger partial charge is 0.467 e. The van der Waals surface area contributed by atoms with Gasteiger partial charge in [0.2, 0.25) is 5.72 Å². The van der Waals surface area contributed by atoms with E-state index in [4.69, 9.17) is 16.3 Å². The molecule has 0 fully saturated rings. The van der Waals surface area contributed by atoms with Crippen LogP contribution in [0.3, 0.4) is 0 Å². The third-order valence-corrected chi connectivity index (χ3v) is 3.96. The number of halogens is 1. The number of ether oxygens (including phenoxy) is 1. The molecule has 2 heterocycles. The first-order valence-corrected chi connectivity index (χ1v) is 6.65. The van der Waals surface area contributed by atoms with Crippen molar-refractivity contribution in [1.82, 2.24) is 5.32 Å². The van der Waals surface area contributed by atoms with Crippen LogP contribution in [0.15, 0.2) is 48.7 Å². The van der Waals surface area contributed by atoms with E-state index in [-0.39, 0.29) is 5.91 Å². The Balaban J connectivity index is 2.03. The fraction of sp³-hybridized carbons (Fsp3) is 0.0625. The van der Waals surface area contributed by atoms with Gasteiger partial charge in [0.1, 0.15) is 0 Å². The summed E-state index contributed by atoms with van der Waals surface area (Å²) in [6.07, 6.45) is 3.47. The zero-order chi connectivity index (χ0) is 13.7. The highest BCUT2D eigenvalue weighted by molar-refractivity contribution is 6.30. The molecule has 2 aromatic carbocycles. The van der Waals surface area contributed by atoms with Gasteiger partial charge in [-0.2, -0.15) is 0 Å². The van der Waals surface area contributed by atoms with Crippen molar-refractivity contribution < 1.29 is 9.53 Å². The molecule has 0 aliphatic carbocycles. The van der Waals surface area contributed by atoms with Gasteiger partial charge >= 0.3 is 0 Å². The van der Waals surface area contributed by atoms with E-state index in [0.29, 0.717) is 10.6 Å². The Morgan fingerprint density at radius 3 is 2.85 bits per heavy atom. The van der Waals surface area contributed by atoms with Gasteiger partial charge in [-0.1, -0.05) is 35.9 Å². The smallest absolute Gasteiger partial charge is 0.255 e. The minimum absolute atomic E-state index is 0.137. The number of carbonyl (C=O) groups excluding carboxylic acids is 1. The van der Waals surface area contributed by atoms with Crippen LogP contribution in [0.25, 0.3) is 6.08 Å². The van der Waals surface area contributed by atoms with E-state index in [2.05, 4.69) is 5.32 Å². The molecule has 1 N–H and O–H groups in total. The van der Waals surface area contributed by atoms with Gasteiger partial charge in [0, 0.05) is 21.7 Å². The summed E-state index contributed by atoms with van der Waals surface area (Å²) in [5, 5.41) is 3.56. The van der Waals surface area contributed by atoms with Crippen molar-refractivity contribution in [2.75, 3.05) is 0 Å². The zero-order valence-electron chi connectivity index (χ0n) is 10.4. The Kier molecular flexibility index (Phi) is 2.24. The second-order valence-corrected chi connectivity index (χ2v) is 5.27.